The zero-order valence-electron chi connectivity index (χ0n) is 55.3. The molecule has 2 unspecified atom stereocenters. The Labute approximate surface area is 508 Å². The number of hydrogen-bond donors (Lipinski definition) is 3. The van der Waals surface area contributed by atoms with Crippen LogP contribution in [0.2, 0.25) is 0 Å². The predicted octanol–water partition coefficient (Wildman–Crippen LogP) is 24.3. The molecule has 0 aromatic rings. The highest BCUT2D eigenvalue weighted by atomic mass is 16.5. The summed E-state index contributed by atoms with van der Waals surface area (Å²) in [4.78, 5) is 24.7. The van der Waals surface area contributed by atoms with Crippen molar-refractivity contribution >= 4 is 11.9 Å². The van der Waals surface area contributed by atoms with Crippen molar-refractivity contribution in [1.82, 2.24) is 5.32 Å². The number of amides is 1. The SMILES string of the molecule is CCCCCCCCCCCCCCCCCCCCCCCC(O)C(CO)NC(=O)CCCCCCCCCC/C=C\CCCCCCCCCCCCCCOC(=O)CCCCCCCCCCCCCCCCCCCCC. The van der Waals surface area contributed by atoms with Crippen LogP contribution in [0.25, 0.3) is 0 Å². The molecule has 1 amide bonds. The van der Waals surface area contributed by atoms with E-state index in [0.29, 0.717) is 25.9 Å². The van der Waals surface area contributed by atoms with Gasteiger partial charge in [0, 0.05) is 12.8 Å². The summed E-state index contributed by atoms with van der Waals surface area (Å²) < 4.78 is 5.51. The first-order valence-electron chi connectivity index (χ1n) is 37.4. The van der Waals surface area contributed by atoms with Gasteiger partial charge < -0.3 is 20.3 Å². The fraction of sp³-hybridized carbons (Fsp3) is 0.947. The number of allylic oxidation sites excluding steroid dienone is 2. The van der Waals surface area contributed by atoms with Gasteiger partial charge in [-0.3, -0.25) is 9.59 Å². The van der Waals surface area contributed by atoms with Gasteiger partial charge in [-0.1, -0.05) is 379 Å². The zero-order chi connectivity index (χ0) is 58.5. The molecule has 0 fully saturated rings. The van der Waals surface area contributed by atoms with Crippen molar-refractivity contribution in [2.45, 2.75) is 443 Å². The fourth-order valence-electron chi connectivity index (χ4n) is 12.1. The Morgan fingerprint density at radius 1 is 0.333 bits per heavy atom. The van der Waals surface area contributed by atoms with Crippen LogP contribution in [-0.2, 0) is 14.3 Å². The summed E-state index contributed by atoms with van der Waals surface area (Å²) in [6.45, 7) is 5.01. The molecule has 0 rings (SSSR count). The van der Waals surface area contributed by atoms with E-state index in [2.05, 4.69) is 31.3 Å². The van der Waals surface area contributed by atoms with Crippen molar-refractivity contribution in [1.29, 1.82) is 0 Å². The molecular formula is C75H147NO5. The normalized spacial score (nSPS) is 12.5. The molecule has 81 heavy (non-hydrogen) atoms. The Morgan fingerprint density at radius 2 is 0.580 bits per heavy atom. The third-order valence-electron chi connectivity index (χ3n) is 17.8. The molecule has 0 spiro atoms. The van der Waals surface area contributed by atoms with Gasteiger partial charge in [0.2, 0.25) is 5.91 Å². The van der Waals surface area contributed by atoms with E-state index in [1.165, 1.54) is 360 Å². The van der Waals surface area contributed by atoms with Crippen LogP contribution in [0.4, 0.5) is 0 Å². The average Bonchev–Trinajstić information content (AvgIpc) is 3.47. The number of carbonyl (C=O) groups is 2. The van der Waals surface area contributed by atoms with Gasteiger partial charge in [-0.05, 0) is 51.4 Å². The molecule has 6 nitrogen and oxygen atoms in total. The molecule has 0 aliphatic carbocycles. The highest BCUT2D eigenvalue weighted by molar-refractivity contribution is 5.76. The second kappa shape index (κ2) is 71.1. The highest BCUT2D eigenvalue weighted by Gasteiger charge is 2.20. The second-order valence-electron chi connectivity index (χ2n) is 26.0. The van der Waals surface area contributed by atoms with E-state index in [1.807, 2.05) is 0 Å². The molecule has 0 aliphatic rings. The first-order valence-corrected chi connectivity index (χ1v) is 37.4. The molecule has 0 aromatic carbocycles. The second-order valence-corrected chi connectivity index (χ2v) is 26.0. The Morgan fingerprint density at radius 3 is 0.877 bits per heavy atom. The van der Waals surface area contributed by atoms with Crippen LogP contribution in [0.5, 0.6) is 0 Å². The maximum Gasteiger partial charge on any atom is 0.305 e. The first kappa shape index (κ1) is 79.6. The molecule has 482 valence electrons. The van der Waals surface area contributed by atoms with Gasteiger partial charge in [0.05, 0.1) is 25.4 Å². The van der Waals surface area contributed by atoms with Gasteiger partial charge in [0.1, 0.15) is 0 Å². The zero-order valence-corrected chi connectivity index (χ0v) is 55.3. The number of carbonyl (C=O) groups excluding carboxylic acids is 2. The minimum atomic E-state index is -0.668. The number of hydrogen-bond acceptors (Lipinski definition) is 5. The highest BCUT2D eigenvalue weighted by Crippen LogP contribution is 2.20. The minimum Gasteiger partial charge on any atom is -0.466 e. The van der Waals surface area contributed by atoms with Crippen molar-refractivity contribution in [3.8, 4) is 0 Å². The van der Waals surface area contributed by atoms with E-state index in [-0.39, 0.29) is 18.5 Å². The molecule has 3 N–H and O–H groups in total. The van der Waals surface area contributed by atoms with Crippen molar-refractivity contribution in [2.75, 3.05) is 13.2 Å². The summed E-state index contributed by atoms with van der Waals surface area (Å²) in [6.07, 6.45) is 88.4. The van der Waals surface area contributed by atoms with E-state index in [4.69, 9.17) is 4.74 Å². The van der Waals surface area contributed by atoms with Gasteiger partial charge >= 0.3 is 5.97 Å². The number of esters is 1. The summed E-state index contributed by atoms with van der Waals surface area (Å²) in [5.74, 6) is -0.0156. The van der Waals surface area contributed by atoms with Crippen LogP contribution in [0, 0.1) is 0 Å². The Kier molecular flexibility index (Phi) is 69.9. The lowest BCUT2D eigenvalue weighted by Gasteiger charge is -2.22. The number of aliphatic hydroxyl groups excluding tert-OH is 2. The fourth-order valence-corrected chi connectivity index (χ4v) is 12.1. The van der Waals surface area contributed by atoms with E-state index < -0.39 is 12.1 Å². The summed E-state index contributed by atoms with van der Waals surface area (Å²) >= 11 is 0. The molecule has 0 bridgehead atoms. The first-order chi connectivity index (χ1) is 40.0. The summed E-state index contributed by atoms with van der Waals surface area (Å²) in [5, 5.41) is 23.4. The van der Waals surface area contributed by atoms with Gasteiger partial charge in [-0.15, -0.1) is 0 Å². The molecule has 2 atom stereocenters. The van der Waals surface area contributed by atoms with Gasteiger partial charge in [0.15, 0.2) is 0 Å². The Bertz CT molecular complexity index is 1220. The smallest absolute Gasteiger partial charge is 0.305 e. The number of rotatable bonds is 71. The van der Waals surface area contributed by atoms with Gasteiger partial charge in [0.25, 0.3) is 0 Å². The molecule has 0 radical (unpaired) electrons. The van der Waals surface area contributed by atoms with Crippen LogP contribution in [0.1, 0.15) is 431 Å². The maximum atomic E-state index is 12.6. The van der Waals surface area contributed by atoms with Gasteiger partial charge in [-0.2, -0.15) is 0 Å². The Balaban J connectivity index is 3.37. The van der Waals surface area contributed by atoms with Crippen LogP contribution in [0.15, 0.2) is 12.2 Å². The average molecular weight is 1140 g/mol. The molecule has 0 saturated carbocycles. The van der Waals surface area contributed by atoms with E-state index in [1.54, 1.807) is 0 Å². The van der Waals surface area contributed by atoms with Crippen LogP contribution in [0.3, 0.4) is 0 Å². The third kappa shape index (κ3) is 67.6. The van der Waals surface area contributed by atoms with E-state index in [9.17, 15) is 19.8 Å². The summed E-state index contributed by atoms with van der Waals surface area (Å²) in [5.41, 5.74) is 0. The van der Waals surface area contributed by atoms with E-state index >= 15 is 0 Å². The van der Waals surface area contributed by atoms with Crippen LogP contribution in [-0.4, -0.2) is 47.4 Å². The van der Waals surface area contributed by atoms with Crippen molar-refractivity contribution in [2.24, 2.45) is 0 Å². The molecule has 6 heteroatoms. The number of ether oxygens (including phenoxy) is 1. The molecule has 0 heterocycles. The third-order valence-corrected chi connectivity index (χ3v) is 17.8. The van der Waals surface area contributed by atoms with Crippen molar-refractivity contribution in [3.63, 3.8) is 0 Å². The van der Waals surface area contributed by atoms with Crippen LogP contribution < -0.4 is 5.32 Å². The standard InChI is InChI=1S/C75H147NO5/c1-3-5-7-9-11-13-15-17-19-21-23-28-32-35-39-43-47-51-55-59-63-67-73(78)72(71-77)76-74(79)68-64-60-56-52-48-44-40-36-33-29-26-24-25-27-30-34-38-42-46-50-54-58-62-66-70-81-75(80)69-65-61-57-53-49-45-41-37-31-22-20-18-16-14-12-10-8-6-4-2/h26,29,72-73,77-78H,3-25,27-28,30-71H2,1-2H3,(H,76,79)/b29-26-. The monoisotopic (exact) mass is 1140 g/mol. The molecule has 0 saturated heterocycles. The van der Waals surface area contributed by atoms with Crippen LogP contribution >= 0.6 is 0 Å². The lowest BCUT2D eigenvalue weighted by Crippen LogP contribution is -2.45. The lowest BCUT2D eigenvalue weighted by atomic mass is 10.0. The lowest BCUT2D eigenvalue weighted by molar-refractivity contribution is -0.143. The van der Waals surface area contributed by atoms with E-state index in [0.717, 1.165) is 38.5 Å². The van der Waals surface area contributed by atoms with Crippen molar-refractivity contribution in [3.05, 3.63) is 12.2 Å². The number of nitrogens with one attached hydrogen (secondary N) is 1. The van der Waals surface area contributed by atoms with Crippen molar-refractivity contribution < 1.29 is 24.5 Å². The molecular weight excluding hydrogens is 995 g/mol. The summed E-state index contributed by atoms with van der Waals surface area (Å²) in [6, 6.07) is -0.545. The van der Waals surface area contributed by atoms with Gasteiger partial charge in [-0.25, -0.2) is 0 Å². The number of unbranched alkanes of at least 4 members (excludes halogenated alkanes) is 58. The Hall–Kier alpha value is -1.40. The summed E-state index contributed by atoms with van der Waals surface area (Å²) in [7, 11) is 0. The topological polar surface area (TPSA) is 95.9 Å². The number of aliphatic hydroxyl groups is 2. The molecule has 0 aromatic heterocycles. The minimum absolute atomic E-state index is 0.0187. The predicted molar refractivity (Wildman–Crippen MR) is 357 cm³/mol. The largest absolute Gasteiger partial charge is 0.466 e. The maximum absolute atomic E-state index is 12.6. The quantitative estimate of drug-likeness (QED) is 0.0320. The molecule has 0 aliphatic heterocycles.